The molecule has 1 saturated heterocycles. The van der Waals surface area contributed by atoms with E-state index in [4.69, 9.17) is 0 Å². The molecule has 2 aliphatic rings. The molecule has 1 heterocycles. The predicted molar refractivity (Wildman–Crippen MR) is 89.1 cm³/mol. The van der Waals surface area contributed by atoms with Crippen molar-refractivity contribution >= 4 is 0 Å². The molecule has 21 heavy (non-hydrogen) atoms. The molecule has 1 aromatic carbocycles. The average Bonchev–Trinajstić information content (AvgIpc) is 3.27. The van der Waals surface area contributed by atoms with E-state index in [0.29, 0.717) is 6.04 Å². The molecule has 2 fully saturated rings. The first kappa shape index (κ1) is 15.1. The van der Waals surface area contributed by atoms with Crippen molar-refractivity contribution in [3.05, 3.63) is 35.4 Å². The van der Waals surface area contributed by atoms with Crippen LogP contribution in [0.15, 0.2) is 24.3 Å². The Balaban J connectivity index is 1.67. The maximum atomic E-state index is 3.66. The minimum absolute atomic E-state index is 0.700. The normalized spacial score (nSPS) is 30.5. The monoisotopic (exact) mass is 286 g/mol. The van der Waals surface area contributed by atoms with Crippen LogP contribution in [0.4, 0.5) is 0 Å². The van der Waals surface area contributed by atoms with Crippen LogP contribution in [-0.2, 0) is 13.1 Å². The summed E-state index contributed by atoms with van der Waals surface area (Å²) in [7, 11) is 0. The zero-order valence-electron chi connectivity index (χ0n) is 13.8. The lowest BCUT2D eigenvalue weighted by molar-refractivity contribution is 0.0727. The van der Waals surface area contributed by atoms with E-state index in [-0.39, 0.29) is 0 Å². The van der Waals surface area contributed by atoms with E-state index in [9.17, 15) is 0 Å². The summed E-state index contributed by atoms with van der Waals surface area (Å²) in [5.41, 5.74) is 3.00. The van der Waals surface area contributed by atoms with E-state index in [1.807, 2.05) is 0 Å². The van der Waals surface area contributed by atoms with Crippen molar-refractivity contribution in [2.75, 3.05) is 6.54 Å². The van der Waals surface area contributed by atoms with Gasteiger partial charge in [0.2, 0.25) is 0 Å². The molecule has 2 heteroatoms. The molecule has 0 amide bonds. The second-order valence-electron chi connectivity index (χ2n) is 7.41. The highest BCUT2D eigenvalue weighted by atomic mass is 15.2. The Bertz CT molecular complexity index is 466. The van der Waals surface area contributed by atoms with Gasteiger partial charge < -0.3 is 5.32 Å². The first-order valence-electron chi connectivity index (χ1n) is 8.67. The van der Waals surface area contributed by atoms with Gasteiger partial charge in [-0.15, -0.1) is 0 Å². The highest BCUT2D eigenvalue weighted by molar-refractivity contribution is 5.27. The number of hydrogen-bond donors (Lipinski definition) is 1. The number of benzene rings is 1. The molecule has 1 N–H and O–H groups in total. The summed E-state index contributed by atoms with van der Waals surface area (Å²) in [6.45, 7) is 10.6. The van der Waals surface area contributed by atoms with Crippen molar-refractivity contribution in [2.24, 2.45) is 11.8 Å². The van der Waals surface area contributed by atoms with Gasteiger partial charge in [0, 0.05) is 31.7 Å². The quantitative estimate of drug-likeness (QED) is 0.885. The lowest BCUT2D eigenvalue weighted by atomic mass is 9.85. The molecule has 1 aliphatic heterocycles. The van der Waals surface area contributed by atoms with Crippen LogP contribution in [0.5, 0.6) is 0 Å². The first-order valence-corrected chi connectivity index (χ1v) is 8.67. The predicted octanol–water partition coefficient (Wildman–Crippen LogP) is 3.81. The molecule has 0 radical (unpaired) electrons. The maximum absolute atomic E-state index is 3.66. The molecule has 0 spiro atoms. The fourth-order valence-electron chi connectivity index (χ4n) is 3.69. The lowest BCUT2D eigenvalue weighted by Crippen LogP contribution is -2.45. The standard InChI is InChI=1S/C19H30N2/c1-14-10-15(2)16(3)21(12-14)13-18-7-5-4-6-17(18)11-20-19-8-9-19/h4-7,14-16,19-20H,8-13H2,1-3H3. The fourth-order valence-corrected chi connectivity index (χ4v) is 3.69. The third kappa shape index (κ3) is 3.87. The molecule has 116 valence electrons. The zero-order chi connectivity index (χ0) is 14.8. The Kier molecular flexibility index (Phi) is 4.66. The van der Waals surface area contributed by atoms with E-state index in [1.54, 1.807) is 0 Å². The van der Waals surface area contributed by atoms with E-state index in [2.05, 4.69) is 55.3 Å². The Labute approximate surface area is 129 Å². The number of nitrogens with one attached hydrogen (secondary N) is 1. The van der Waals surface area contributed by atoms with Crippen molar-refractivity contribution < 1.29 is 0 Å². The minimum atomic E-state index is 0.700. The zero-order valence-corrected chi connectivity index (χ0v) is 13.8. The smallest absolute Gasteiger partial charge is 0.0240 e. The van der Waals surface area contributed by atoms with E-state index < -0.39 is 0 Å². The summed E-state index contributed by atoms with van der Waals surface area (Å²) in [5.74, 6) is 1.64. The number of nitrogens with zero attached hydrogens (tertiary/aromatic N) is 1. The van der Waals surface area contributed by atoms with Crippen LogP contribution in [0.1, 0.15) is 51.2 Å². The van der Waals surface area contributed by atoms with Crippen LogP contribution in [-0.4, -0.2) is 23.5 Å². The van der Waals surface area contributed by atoms with Crippen LogP contribution in [0, 0.1) is 11.8 Å². The largest absolute Gasteiger partial charge is 0.310 e. The van der Waals surface area contributed by atoms with E-state index in [1.165, 1.54) is 36.9 Å². The molecule has 0 aromatic heterocycles. The molecular weight excluding hydrogens is 256 g/mol. The van der Waals surface area contributed by atoms with Crippen LogP contribution < -0.4 is 5.32 Å². The third-order valence-corrected chi connectivity index (χ3v) is 5.37. The fraction of sp³-hybridized carbons (Fsp3) is 0.684. The van der Waals surface area contributed by atoms with Crippen molar-refractivity contribution in [3.8, 4) is 0 Å². The summed E-state index contributed by atoms with van der Waals surface area (Å²) in [5, 5.41) is 3.66. The van der Waals surface area contributed by atoms with Gasteiger partial charge in [0.15, 0.2) is 0 Å². The molecule has 1 aliphatic carbocycles. The van der Waals surface area contributed by atoms with Crippen molar-refractivity contribution in [3.63, 3.8) is 0 Å². The van der Waals surface area contributed by atoms with Gasteiger partial charge >= 0.3 is 0 Å². The van der Waals surface area contributed by atoms with E-state index >= 15 is 0 Å². The topological polar surface area (TPSA) is 15.3 Å². The second-order valence-corrected chi connectivity index (χ2v) is 7.41. The number of likely N-dealkylation sites (tertiary alicyclic amines) is 1. The van der Waals surface area contributed by atoms with Crippen molar-refractivity contribution in [2.45, 2.75) is 65.2 Å². The molecular formula is C19H30N2. The summed E-state index contributed by atoms with van der Waals surface area (Å²) in [6.07, 6.45) is 4.10. The van der Waals surface area contributed by atoms with E-state index in [0.717, 1.165) is 31.0 Å². The number of piperidine rings is 1. The van der Waals surface area contributed by atoms with Gasteiger partial charge in [-0.25, -0.2) is 0 Å². The lowest BCUT2D eigenvalue weighted by Gasteiger charge is -2.41. The van der Waals surface area contributed by atoms with Gasteiger partial charge in [-0.1, -0.05) is 38.1 Å². The molecule has 1 saturated carbocycles. The van der Waals surface area contributed by atoms with Crippen LogP contribution in [0.2, 0.25) is 0 Å². The second kappa shape index (κ2) is 6.50. The molecule has 0 bridgehead atoms. The SMILES string of the molecule is CC1CC(C)C(C)N(Cc2ccccc2CNC2CC2)C1. The molecule has 3 unspecified atom stereocenters. The summed E-state index contributed by atoms with van der Waals surface area (Å²) in [6, 6.07) is 10.5. The molecule has 2 nitrogen and oxygen atoms in total. The minimum Gasteiger partial charge on any atom is -0.310 e. The molecule has 3 rings (SSSR count). The third-order valence-electron chi connectivity index (χ3n) is 5.37. The summed E-state index contributed by atoms with van der Waals surface area (Å²) < 4.78 is 0. The Morgan fingerprint density at radius 2 is 1.81 bits per heavy atom. The average molecular weight is 286 g/mol. The highest BCUT2D eigenvalue weighted by Crippen LogP contribution is 2.29. The van der Waals surface area contributed by atoms with Crippen LogP contribution in [0.3, 0.4) is 0 Å². The summed E-state index contributed by atoms with van der Waals surface area (Å²) in [4.78, 5) is 2.69. The van der Waals surface area contributed by atoms with Gasteiger partial charge in [-0.2, -0.15) is 0 Å². The van der Waals surface area contributed by atoms with Gasteiger partial charge in [-0.05, 0) is 49.1 Å². The maximum Gasteiger partial charge on any atom is 0.0240 e. The molecule has 3 atom stereocenters. The summed E-state index contributed by atoms with van der Waals surface area (Å²) >= 11 is 0. The van der Waals surface area contributed by atoms with Crippen LogP contribution >= 0.6 is 0 Å². The van der Waals surface area contributed by atoms with Crippen LogP contribution in [0.25, 0.3) is 0 Å². The Morgan fingerprint density at radius 3 is 2.52 bits per heavy atom. The first-order chi connectivity index (χ1) is 10.1. The van der Waals surface area contributed by atoms with Gasteiger partial charge in [0.1, 0.15) is 0 Å². The van der Waals surface area contributed by atoms with Crippen molar-refractivity contribution in [1.29, 1.82) is 0 Å². The number of hydrogen-bond acceptors (Lipinski definition) is 2. The van der Waals surface area contributed by atoms with Gasteiger partial charge in [-0.3, -0.25) is 4.90 Å². The highest BCUT2D eigenvalue weighted by Gasteiger charge is 2.29. The van der Waals surface area contributed by atoms with Gasteiger partial charge in [0.05, 0.1) is 0 Å². The Hall–Kier alpha value is -0.860. The number of rotatable bonds is 5. The molecule has 1 aromatic rings. The van der Waals surface area contributed by atoms with Crippen molar-refractivity contribution in [1.82, 2.24) is 10.2 Å². The van der Waals surface area contributed by atoms with Gasteiger partial charge in [0.25, 0.3) is 0 Å². The Morgan fingerprint density at radius 1 is 1.10 bits per heavy atom.